The molecule has 0 aliphatic carbocycles. The highest BCUT2D eigenvalue weighted by Gasteiger charge is 2.20. The van der Waals surface area contributed by atoms with E-state index in [2.05, 4.69) is 21.1 Å². The van der Waals surface area contributed by atoms with Crippen LogP contribution >= 0.6 is 11.6 Å². The number of rotatable bonds is 5. The number of amides is 3. The SMILES string of the molecule is Cc1noc(C)c1CCCNC(=O)Nc1cc(Cl)c2c(c1)NC(=O)CO2. The number of hydrogen-bond acceptors (Lipinski definition) is 5. The molecule has 0 saturated carbocycles. The minimum atomic E-state index is -0.358. The van der Waals surface area contributed by atoms with Crippen molar-refractivity contribution in [1.82, 2.24) is 10.5 Å². The summed E-state index contributed by atoms with van der Waals surface area (Å²) in [6.07, 6.45) is 1.53. The smallest absolute Gasteiger partial charge is 0.319 e. The molecule has 2 aromatic rings. The number of nitrogens with one attached hydrogen (secondary N) is 3. The van der Waals surface area contributed by atoms with Crippen molar-refractivity contribution in [2.75, 3.05) is 23.8 Å². The Balaban J connectivity index is 1.51. The molecule has 0 bridgehead atoms. The number of carbonyl (C=O) groups is 2. The zero-order valence-electron chi connectivity index (χ0n) is 14.4. The standard InChI is InChI=1S/C17H19ClN4O4/c1-9-12(10(2)26-22-9)4-3-5-19-17(24)20-11-6-13(18)16-14(7-11)21-15(23)8-25-16/h6-7H,3-5,8H2,1-2H3,(H,21,23)(H2,19,20,24). The lowest BCUT2D eigenvalue weighted by Crippen LogP contribution is -2.30. The summed E-state index contributed by atoms with van der Waals surface area (Å²) < 4.78 is 10.4. The van der Waals surface area contributed by atoms with E-state index >= 15 is 0 Å². The van der Waals surface area contributed by atoms with Gasteiger partial charge in [0.25, 0.3) is 5.91 Å². The van der Waals surface area contributed by atoms with Gasteiger partial charge in [-0.1, -0.05) is 16.8 Å². The highest BCUT2D eigenvalue weighted by Crippen LogP contribution is 2.38. The molecule has 0 saturated heterocycles. The third-order valence-electron chi connectivity index (χ3n) is 3.99. The van der Waals surface area contributed by atoms with Crippen LogP contribution in [0, 0.1) is 13.8 Å². The maximum Gasteiger partial charge on any atom is 0.319 e. The lowest BCUT2D eigenvalue weighted by molar-refractivity contribution is -0.118. The van der Waals surface area contributed by atoms with E-state index in [4.69, 9.17) is 20.9 Å². The van der Waals surface area contributed by atoms with Gasteiger partial charge in [-0.25, -0.2) is 4.79 Å². The van der Waals surface area contributed by atoms with Crippen LogP contribution in [0.2, 0.25) is 5.02 Å². The number of carbonyl (C=O) groups excluding carboxylic acids is 2. The largest absolute Gasteiger partial charge is 0.480 e. The van der Waals surface area contributed by atoms with Crippen molar-refractivity contribution >= 4 is 34.9 Å². The molecule has 1 aromatic carbocycles. The van der Waals surface area contributed by atoms with Crippen LogP contribution in [0.5, 0.6) is 5.75 Å². The summed E-state index contributed by atoms with van der Waals surface area (Å²) in [6.45, 7) is 4.19. The maximum absolute atomic E-state index is 12.0. The highest BCUT2D eigenvalue weighted by molar-refractivity contribution is 6.33. The topological polar surface area (TPSA) is 105 Å². The van der Waals surface area contributed by atoms with E-state index in [1.807, 2.05) is 13.8 Å². The maximum atomic E-state index is 12.0. The average Bonchev–Trinajstić information content (AvgIpc) is 2.90. The fraction of sp³-hybridized carbons (Fsp3) is 0.353. The lowest BCUT2D eigenvalue weighted by atomic mass is 10.1. The average molecular weight is 379 g/mol. The molecule has 9 heteroatoms. The van der Waals surface area contributed by atoms with Crippen molar-refractivity contribution in [2.45, 2.75) is 26.7 Å². The van der Waals surface area contributed by atoms with Crippen molar-refractivity contribution in [1.29, 1.82) is 0 Å². The molecule has 0 radical (unpaired) electrons. The molecule has 138 valence electrons. The fourth-order valence-electron chi connectivity index (χ4n) is 2.73. The van der Waals surface area contributed by atoms with E-state index in [1.54, 1.807) is 12.1 Å². The van der Waals surface area contributed by atoms with Crippen LogP contribution in [0.1, 0.15) is 23.4 Å². The zero-order valence-corrected chi connectivity index (χ0v) is 15.2. The number of fused-ring (bicyclic) bond motifs is 1. The monoisotopic (exact) mass is 378 g/mol. The first-order valence-electron chi connectivity index (χ1n) is 8.17. The van der Waals surface area contributed by atoms with Crippen LogP contribution in [-0.2, 0) is 11.2 Å². The highest BCUT2D eigenvalue weighted by atomic mass is 35.5. The van der Waals surface area contributed by atoms with Gasteiger partial charge in [0, 0.05) is 17.8 Å². The molecule has 0 spiro atoms. The van der Waals surface area contributed by atoms with E-state index in [1.165, 1.54) is 0 Å². The van der Waals surface area contributed by atoms with Crippen LogP contribution in [0.15, 0.2) is 16.7 Å². The van der Waals surface area contributed by atoms with E-state index in [0.717, 1.165) is 29.9 Å². The number of ether oxygens (including phenoxy) is 1. The number of aromatic nitrogens is 1. The predicted octanol–water partition coefficient (Wildman–Crippen LogP) is 3.03. The predicted molar refractivity (Wildman–Crippen MR) is 96.9 cm³/mol. The number of hydrogen-bond donors (Lipinski definition) is 3. The minimum absolute atomic E-state index is 0.0783. The molecule has 3 rings (SSSR count). The molecular formula is C17H19ClN4O4. The zero-order chi connectivity index (χ0) is 18.7. The summed E-state index contributed by atoms with van der Waals surface area (Å²) in [5.74, 6) is 0.936. The molecule has 1 aliphatic rings. The van der Waals surface area contributed by atoms with Crippen LogP contribution in [0.4, 0.5) is 16.2 Å². The second-order valence-electron chi connectivity index (χ2n) is 5.96. The van der Waals surface area contributed by atoms with Crippen LogP contribution < -0.4 is 20.7 Å². The third kappa shape index (κ3) is 4.08. The van der Waals surface area contributed by atoms with Crippen molar-refractivity contribution in [3.05, 3.63) is 34.2 Å². The van der Waals surface area contributed by atoms with Gasteiger partial charge in [-0.2, -0.15) is 0 Å². The number of nitrogens with zero attached hydrogens (tertiary/aromatic N) is 1. The van der Waals surface area contributed by atoms with Gasteiger partial charge < -0.3 is 25.2 Å². The number of urea groups is 1. The molecule has 3 amide bonds. The van der Waals surface area contributed by atoms with Gasteiger partial charge in [-0.05, 0) is 38.8 Å². The van der Waals surface area contributed by atoms with Gasteiger partial charge in [0.15, 0.2) is 12.4 Å². The molecule has 8 nitrogen and oxygen atoms in total. The summed E-state index contributed by atoms with van der Waals surface area (Å²) in [5.41, 5.74) is 2.84. The summed E-state index contributed by atoms with van der Waals surface area (Å²) in [6, 6.07) is 2.81. The van der Waals surface area contributed by atoms with Gasteiger partial charge in [0.1, 0.15) is 5.76 Å². The molecule has 26 heavy (non-hydrogen) atoms. The quantitative estimate of drug-likeness (QED) is 0.693. The Morgan fingerprint density at radius 3 is 2.92 bits per heavy atom. The van der Waals surface area contributed by atoms with Crippen molar-refractivity contribution in [3.63, 3.8) is 0 Å². The minimum Gasteiger partial charge on any atom is -0.480 e. The number of halogens is 1. The third-order valence-corrected chi connectivity index (χ3v) is 4.27. The molecule has 0 atom stereocenters. The Bertz CT molecular complexity index is 830. The summed E-state index contributed by atoms with van der Waals surface area (Å²) >= 11 is 6.13. The van der Waals surface area contributed by atoms with Crippen LogP contribution in [-0.4, -0.2) is 30.2 Å². The molecule has 0 unspecified atom stereocenters. The Labute approximate surface area is 155 Å². The molecule has 0 fully saturated rings. The second-order valence-corrected chi connectivity index (χ2v) is 6.37. The first-order chi connectivity index (χ1) is 12.4. The Morgan fingerprint density at radius 2 is 2.19 bits per heavy atom. The second kappa shape index (κ2) is 7.65. The normalized spacial score (nSPS) is 12.8. The van der Waals surface area contributed by atoms with Crippen LogP contribution in [0.25, 0.3) is 0 Å². The van der Waals surface area contributed by atoms with Gasteiger partial charge in [-0.15, -0.1) is 0 Å². The molecular weight excluding hydrogens is 360 g/mol. The van der Waals surface area contributed by atoms with Gasteiger partial charge in [0.2, 0.25) is 0 Å². The molecule has 3 N–H and O–H groups in total. The summed E-state index contributed by atoms with van der Waals surface area (Å²) in [7, 11) is 0. The van der Waals surface area contributed by atoms with E-state index in [-0.39, 0.29) is 18.5 Å². The van der Waals surface area contributed by atoms with E-state index in [0.29, 0.717) is 28.7 Å². The van der Waals surface area contributed by atoms with Crippen LogP contribution in [0.3, 0.4) is 0 Å². The van der Waals surface area contributed by atoms with Crippen molar-refractivity contribution in [2.24, 2.45) is 0 Å². The summed E-state index contributed by atoms with van der Waals surface area (Å²) in [5, 5.41) is 12.4. The van der Waals surface area contributed by atoms with E-state index < -0.39 is 0 Å². The molecule has 1 aliphatic heterocycles. The lowest BCUT2D eigenvalue weighted by Gasteiger charge is -2.20. The fourth-order valence-corrected chi connectivity index (χ4v) is 3.00. The number of aryl methyl sites for hydroxylation is 2. The summed E-state index contributed by atoms with van der Waals surface area (Å²) in [4.78, 5) is 23.4. The number of anilines is 2. The van der Waals surface area contributed by atoms with Gasteiger partial charge in [-0.3, -0.25) is 4.79 Å². The van der Waals surface area contributed by atoms with E-state index in [9.17, 15) is 9.59 Å². The first-order valence-corrected chi connectivity index (χ1v) is 8.54. The first kappa shape index (κ1) is 18.1. The molecule has 2 heterocycles. The van der Waals surface area contributed by atoms with Gasteiger partial charge in [0.05, 0.1) is 16.4 Å². The Kier molecular flexibility index (Phi) is 5.32. The van der Waals surface area contributed by atoms with Gasteiger partial charge >= 0.3 is 6.03 Å². The number of benzene rings is 1. The van der Waals surface area contributed by atoms with Crippen molar-refractivity contribution < 1.29 is 18.8 Å². The Hall–Kier alpha value is -2.74. The Morgan fingerprint density at radius 1 is 1.38 bits per heavy atom. The van der Waals surface area contributed by atoms with Crippen molar-refractivity contribution in [3.8, 4) is 5.75 Å². The molecule has 1 aromatic heterocycles.